The molecule has 1 atom stereocenters. The minimum Gasteiger partial charge on any atom is -0.339 e. The van der Waals surface area contributed by atoms with Crippen LogP contribution in [0.5, 0.6) is 0 Å². The molecule has 2 aliphatic rings. The van der Waals surface area contributed by atoms with Crippen LogP contribution in [0, 0.1) is 11.8 Å². The fourth-order valence-electron chi connectivity index (χ4n) is 2.46. The highest BCUT2D eigenvalue weighted by atomic mass is 35.5. The van der Waals surface area contributed by atoms with Gasteiger partial charge in [-0.2, -0.15) is 0 Å². The van der Waals surface area contributed by atoms with Crippen molar-refractivity contribution in [3.8, 4) is 0 Å². The van der Waals surface area contributed by atoms with Gasteiger partial charge in [0.2, 0.25) is 5.91 Å². The number of alkyl halides is 1. The van der Waals surface area contributed by atoms with Crippen molar-refractivity contribution in [3.05, 3.63) is 0 Å². The molecule has 0 spiro atoms. The van der Waals surface area contributed by atoms with Crippen molar-refractivity contribution in [2.24, 2.45) is 11.8 Å². The maximum atomic E-state index is 12.3. The zero-order chi connectivity index (χ0) is 11.5. The summed E-state index contributed by atoms with van der Waals surface area (Å²) in [6, 6.07) is 0.525. The van der Waals surface area contributed by atoms with Crippen molar-refractivity contribution in [2.75, 3.05) is 12.4 Å². The van der Waals surface area contributed by atoms with Gasteiger partial charge in [0, 0.05) is 24.4 Å². The predicted octanol–water partition coefficient (Wildman–Crippen LogP) is 3.04. The first-order chi connectivity index (χ1) is 7.74. The fourth-order valence-corrected chi connectivity index (χ4v) is 2.58. The summed E-state index contributed by atoms with van der Waals surface area (Å²) < 4.78 is 0. The summed E-state index contributed by atoms with van der Waals surface area (Å²) in [5, 5.41) is 0. The van der Waals surface area contributed by atoms with Crippen molar-refractivity contribution in [2.45, 2.75) is 51.5 Å². The molecule has 2 rings (SSSR count). The molecule has 0 N–H and O–H groups in total. The zero-order valence-electron chi connectivity index (χ0n) is 10.1. The van der Waals surface area contributed by atoms with E-state index in [0.717, 1.165) is 13.0 Å². The van der Waals surface area contributed by atoms with Crippen LogP contribution in [-0.4, -0.2) is 29.3 Å². The third-order valence-electron chi connectivity index (χ3n) is 4.05. The summed E-state index contributed by atoms with van der Waals surface area (Å²) in [6.07, 6.45) is 7.12. The van der Waals surface area contributed by atoms with Crippen LogP contribution in [0.25, 0.3) is 0 Å². The Kier molecular flexibility index (Phi) is 4.12. The molecule has 2 nitrogen and oxygen atoms in total. The maximum Gasteiger partial charge on any atom is 0.225 e. The minimum absolute atomic E-state index is 0.246. The topological polar surface area (TPSA) is 20.3 Å². The van der Waals surface area contributed by atoms with Crippen LogP contribution >= 0.6 is 11.6 Å². The number of nitrogens with zero attached hydrogens (tertiary/aromatic N) is 1. The molecule has 92 valence electrons. The Morgan fingerprint density at radius 1 is 1.38 bits per heavy atom. The lowest BCUT2D eigenvalue weighted by Gasteiger charge is -2.39. The second kappa shape index (κ2) is 5.39. The average molecular weight is 244 g/mol. The van der Waals surface area contributed by atoms with Gasteiger partial charge in [0.15, 0.2) is 0 Å². The van der Waals surface area contributed by atoms with Gasteiger partial charge >= 0.3 is 0 Å². The molecule has 0 aromatic carbocycles. The van der Waals surface area contributed by atoms with E-state index in [0.29, 0.717) is 23.7 Å². The second-order valence-corrected chi connectivity index (χ2v) is 5.66. The zero-order valence-corrected chi connectivity index (χ0v) is 10.9. The molecule has 0 saturated heterocycles. The normalized spacial score (nSPS) is 22.6. The van der Waals surface area contributed by atoms with E-state index >= 15 is 0 Å². The quantitative estimate of drug-likeness (QED) is 0.657. The van der Waals surface area contributed by atoms with Crippen molar-refractivity contribution < 1.29 is 4.79 Å². The highest BCUT2D eigenvalue weighted by molar-refractivity contribution is 6.17. The standard InChI is InChI=1S/C13H22ClNO/c1-10(11-6-7-11)13(16)15(9-3-8-14)12-4-2-5-12/h10-12H,2-9H2,1H3. The first-order valence-corrected chi connectivity index (χ1v) is 7.14. The van der Waals surface area contributed by atoms with Crippen molar-refractivity contribution >= 4 is 17.5 Å². The molecule has 16 heavy (non-hydrogen) atoms. The molecule has 1 unspecified atom stereocenters. The van der Waals surface area contributed by atoms with Gasteiger partial charge in [-0.15, -0.1) is 11.6 Å². The average Bonchev–Trinajstić information content (AvgIpc) is 3.02. The number of carbonyl (C=O) groups is 1. The van der Waals surface area contributed by atoms with Gasteiger partial charge < -0.3 is 4.90 Å². The van der Waals surface area contributed by atoms with Crippen molar-refractivity contribution in [1.29, 1.82) is 0 Å². The Labute approximate surface area is 103 Å². The number of hydrogen-bond donors (Lipinski definition) is 0. The van der Waals surface area contributed by atoms with Gasteiger partial charge in [-0.25, -0.2) is 0 Å². The Balaban J connectivity index is 1.90. The van der Waals surface area contributed by atoms with Crippen LogP contribution in [0.15, 0.2) is 0 Å². The van der Waals surface area contributed by atoms with Crippen LogP contribution in [0.2, 0.25) is 0 Å². The van der Waals surface area contributed by atoms with E-state index in [2.05, 4.69) is 11.8 Å². The van der Waals surface area contributed by atoms with E-state index in [4.69, 9.17) is 11.6 Å². The summed E-state index contributed by atoms with van der Waals surface area (Å²) in [4.78, 5) is 14.5. The maximum absolute atomic E-state index is 12.3. The van der Waals surface area contributed by atoms with E-state index in [1.807, 2.05) is 0 Å². The highest BCUT2D eigenvalue weighted by Gasteiger charge is 2.37. The van der Waals surface area contributed by atoms with Gasteiger partial charge in [0.1, 0.15) is 0 Å². The molecule has 0 aromatic heterocycles. The molecule has 1 amide bonds. The number of hydrogen-bond acceptors (Lipinski definition) is 1. The highest BCUT2D eigenvalue weighted by Crippen LogP contribution is 2.38. The predicted molar refractivity (Wildman–Crippen MR) is 66.6 cm³/mol. The summed E-state index contributed by atoms with van der Waals surface area (Å²) >= 11 is 5.73. The van der Waals surface area contributed by atoms with Gasteiger partial charge in [-0.05, 0) is 44.4 Å². The first kappa shape index (κ1) is 12.2. The minimum atomic E-state index is 0.246. The lowest BCUT2D eigenvalue weighted by atomic mass is 9.90. The van der Waals surface area contributed by atoms with Crippen molar-refractivity contribution in [3.63, 3.8) is 0 Å². The lowest BCUT2D eigenvalue weighted by molar-refractivity contribution is -0.139. The summed E-state index contributed by atoms with van der Waals surface area (Å²) in [6.45, 7) is 2.97. The van der Waals surface area contributed by atoms with Gasteiger partial charge in [0.25, 0.3) is 0 Å². The molecule has 0 bridgehead atoms. The van der Waals surface area contributed by atoms with Crippen LogP contribution in [0.4, 0.5) is 0 Å². The third kappa shape index (κ3) is 2.71. The van der Waals surface area contributed by atoms with Crippen LogP contribution in [0.1, 0.15) is 45.4 Å². The smallest absolute Gasteiger partial charge is 0.225 e. The van der Waals surface area contributed by atoms with E-state index in [-0.39, 0.29) is 5.92 Å². The number of rotatable bonds is 6. The van der Waals surface area contributed by atoms with E-state index in [9.17, 15) is 4.79 Å². The van der Waals surface area contributed by atoms with Crippen LogP contribution in [0.3, 0.4) is 0 Å². The Morgan fingerprint density at radius 2 is 2.06 bits per heavy atom. The molecular formula is C13H22ClNO. The van der Waals surface area contributed by atoms with Crippen LogP contribution < -0.4 is 0 Å². The van der Waals surface area contributed by atoms with E-state index in [1.54, 1.807) is 0 Å². The second-order valence-electron chi connectivity index (χ2n) is 5.28. The third-order valence-corrected chi connectivity index (χ3v) is 4.32. The van der Waals surface area contributed by atoms with Gasteiger partial charge in [-0.3, -0.25) is 4.79 Å². The molecule has 2 aliphatic carbocycles. The molecule has 2 fully saturated rings. The van der Waals surface area contributed by atoms with Crippen LogP contribution in [-0.2, 0) is 4.79 Å². The molecule has 0 aliphatic heterocycles. The molecule has 0 heterocycles. The Bertz CT molecular complexity index is 248. The number of halogens is 1. The summed E-state index contributed by atoms with van der Waals surface area (Å²) in [5.74, 6) is 1.97. The molecule has 3 heteroatoms. The Morgan fingerprint density at radius 3 is 2.50 bits per heavy atom. The Hall–Kier alpha value is -0.240. The largest absolute Gasteiger partial charge is 0.339 e. The molecule has 0 aromatic rings. The number of carbonyl (C=O) groups excluding carboxylic acids is 1. The fraction of sp³-hybridized carbons (Fsp3) is 0.923. The lowest BCUT2D eigenvalue weighted by Crippen LogP contribution is -2.47. The van der Waals surface area contributed by atoms with E-state index in [1.165, 1.54) is 32.1 Å². The SMILES string of the molecule is CC(C(=O)N(CCCCl)C1CCC1)C1CC1. The van der Waals surface area contributed by atoms with Gasteiger partial charge in [0.05, 0.1) is 0 Å². The molecule has 0 radical (unpaired) electrons. The first-order valence-electron chi connectivity index (χ1n) is 6.60. The summed E-state index contributed by atoms with van der Waals surface area (Å²) in [5.41, 5.74) is 0. The number of amides is 1. The summed E-state index contributed by atoms with van der Waals surface area (Å²) in [7, 11) is 0. The molecular weight excluding hydrogens is 222 g/mol. The van der Waals surface area contributed by atoms with Gasteiger partial charge in [-0.1, -0.05) is 6.92 Å². The monoisotopic (exact) mass is 243 g/mol. The van der Waals surface area contributed by atoms with Crippen molar-refractivity contribution in [1.82, 2.24) is 4.90 Å². The van der Waals surface area contributed by atoms with E-state index < -0.39 is 0 Å². The molecule has 2 saturated carbocycles.